The molecule has 0 saturated heterocycles. The number of aromatic nitrogens is 2. The Morgan fingerprint density at radius 1 is 0.970 bits per heavy atom. The zero-order chi connectivity index (χ0) is 23.4. The van der Waals surface area contributed by atoms with Crippen molar-refractivity contribution in [3.8, 4) is 11.5 Å². The Morgan fingerprint density at radius 2 is 1.64 bits per heavy atom. The van der Waals surface area contributed by atoms with Crippen molar-refractivity contribution < 1.29 is 22.7 Å². The van der Waals surface area contributed by atoms with Gasteiger partial charge in [0.1, 0.15) is 17.3 Å². The Bertz CT molecular complexity index is 1370. The number of fused-ring (bicyclic) bond motifs is 1. The molecule has 1 amide bonds. The van der Waals surface area contributed by atoms with Gasteiger partial charge in [0.2, 0.25) is 5.91 Å². The summed E-state index contributed by atoms with van der Waals surface area (Å²) in [5.41, 5.74) is 1.50. The average Bonchev–Trinajstić information content (AvgIpc) is 3.25. The second kappa shape index (κ2) is 9.55. The fourth-order valence-corrected chi connectivity index (χ4v) is 5.38. The average molecular weight is 484 g/mol. The lowest BCUT2D eigenvalue weighted by Gasteiger charge is -2.20. The monoisotopic (exact) mass is 483 g/mol. The van der Waals surface area contributed by atoms with Crippen LogP contribution in [-0.2, 0) is 21.2 Å². The molecule has 170 valence electrons. The van der Waals surface area contributed by atoms with Gasteiger partial charge in [0.15, 0.2) is 15.0 Å². The van der Waals surface area contributed by atoms with E-state index in [-0.39, 0.29) is 11.4 Å². The highest BCUT2D eigenvalue weighted by atomic mass is 32.2. The molecule has 0 bridgehead atoms. The quantitative estimate of drug-likeness (QED) is 0.377. The van der Waals surface area contributed by atoms with Crippen LogP contribution >= 0.6 is 11.3 Å². The summed E-state index contributed by atoms with van der Waals surface area (Å²) in [5, 5.41) is 0.407. The number of thiazole rings is 1. The molecular weight excluding hydrogens is 462 g/mol. The third-order valence-corrected chi connectivity index (χ3v) is 7.60. The van der Waals surface area contributed by atoms with E-state index >= 15 is 0 Å². The normalized spacial score (nSPS) is 11.3. The topological polar surface area (TPSA) is 98.7 Å². The van der Waals surface area contributed by atoms with E-state index in [0.29, 0.717) is 22.1 Å². The van der Waals surface area contributed by atoms with Crippen LogP contribution < -0.4 is 14.4 Å². The van der Waals surface area contributed by atoms with Gasteiger partial charge in [0, 0.05) is 12.4 Å². The SMILES string of the molecule is COc1ccc(S(=O)(=O)CC(=O)N(Cc2ccncc2)c2nc3ccc(OC)cc3s2)cc1. The number of hydrogen-bond acceptors (Lipinski definition) is 8. The van der Waals surface area contributed by atoms with Gasteiger partial charge in [-0.05, 0) is 60.2 Å². The van der Waals surface area contributed by atoms with Gasteiger partial charge in [-0.25, -0.2) is 13.4 Å². The molecule has 4 rings (SSSR count). The molecule has 2 aromatic carbocycles. The van der Waals surface area contributed by atoms with Crippen LogP contribution in [0.5, 0.6) is 11.5 Å². The Morgan fingerprint density at radius 3 is 2.30 bits per heavy atom. The van der Waals surface area contributed by atoms with E-state index in [1.807, 2.05) is 6.07 Å². The van der Waals surface area contributed by atoms with Crippen LogP contribution in [-0.4, -0.2) is 44.3 Å². The number of hydrogen-bond donors (Lipinski definition) is 0. The molecule has 2 aromatic heterocycles. The predicted molar refractivity (Wildman–Crippen MR) is 127 cm³/mol. The highest BCUT2D eigenvalue weighted by Gasteiger charge is 2.27. The first-order valence-corrected chi connectivity index (χ1v) is 12.4. The molecular formula is C23H21N3O5S2. The lowest BCUT2D eigenvalue weighted by molar-refractivity contribution is -0.116. The first kappa shape index (κ1) is 22.7. The van der Waals surface area contributed by atoms with Gasteiger partial charge in [0.25, 0.3) is 0 Å². The van der Waals surface area contributed by atoms with Crippen LogP contribution in [0.2, 0.25) is 0 Å². The van der Waals surface area contributed by atoms with Crippen molar-refractivity contribution >= 4 is 42.4 Å². The largest absolute Gasteiger partial charge is 0.497 e. The highest BCUT2D eigenvalue weighted by Crippen LogP contribution is 2.32. The zero-order valence-corrected chi connectivity index (χ0v) is 19.6. The summed E-state index contributed by atoms with van der Waals surface area (Å²) in [6, 6.07) is 14.9. The Hall–Kier alpha value is -3.50. The van der Waals surface area contributed by atoms with Gasteiger partial charge in [-0.3, -0.25) is 14.7 Å². The number of anilines is 1. The number of carbonyl (C=O) groups excluding carboxylic acids is 1. The summed E-state index contributed by atoms with van der Waals surface area (Å²) in [4.78, 5) is 23.3. The molecule has 0 aliphatic heterocycles. The maximum Gasteiger partial charge on any atom is 0.244 e. The second-order valence-corrected chi connectivity index (χ2v) is 10.1. The Labute approximate surface area is 195 Å². The molecule has 2 heterocycles. The molecule has 0 radical (unpaired) electrons. The first-order chi connectivity index (χ1) is 15.9. The molecule has 33 heavy (non-hydrogen) atoms. The molecule has 10 heteroatoms. The number of pyridine rings is 1. The minimum atomic E-state index is -3.87. The Balaban J connectivity index is 1.67. The van der Waals surface area contributed by atoms with Gasteiger partial charge in [0.05, 0.1) is 35.9 Å². The lowest BCUT2D eigenvalue weighted by atomic mass is 10.2. The standard InChI is InChI=1S/C23H21N3O5S2/c1-30-17-3-6-19(7-4-17)33(28,29)15-22(27)26(14-16-9-11-24-12-10-16)23-25-20-8-5-18(31-2)13-21(20)32-23/h3-13H,14-15H2,1-2H3. The van der Waals surface area contributed by atoms with E-state index in [1.165, 1.54) is 35.5 Å². The van der Waals surface area contributed by atoms with Crippen molar-refractivity contribution in [1.29, 1.82) is 0 Å². The van der Waals surface area contributed by atoms with Crippen LogP contribution in [0, 0.1) is 0 Å². The maximum absolute atomic E-state index is 13.3. The van der Waals surface area contributed by atoms with Crippen LogP contribution in [0.25, 0.3) is 10.2 Å². The van der Waals surface area contributed by atoms with E-state index < -0.39 is 21.5 Å². The van der Waals surface area contributed by atoms with Crippen molar-refractivity contribution in [2.45, 2.75) is 11.4 Å². The van der Waals surface area contributed by atoms with Crippen molar-refractivity contribution in [2.24, 2.45) is 0 Å². The van der Waals surface area contributed by atoms with E-state index in [0.717, 1.165) is 10.3 Å². The van der Waals surface area contributed by atoms with Crippen molar-refractivity contribution in [3.05, 3.63) is 72.6 Å². The van der Waals surface area contributed by atoms with E-state index in [4.69, 9.17) is 9.47 Å². The molecule has 0 atom stereocenters. The number of carbonyl (C=O) groups is 1. The first-order valence-electron chi connectivity index (χ1n) is 9.90. The van der Waals surface area contributed by atoms with E-state index in [9.17, 15) is 13.2 Å². The van der Waals surface area contributed by atoms with Gasteiger partial charge in [-0.2, -0.15) is 0 Å². The molecule has 0 saturated carbocycles. The molecule has 0 fully saturated rings. The van der Waals surface area contributed by atoms with Crippen LogP contribution in [0.15, 0.2) is 71.9 Å². The summed E-state index contributed by atoms with van der Waals surface area (Å²) in [6.45, 7) is 0.163. The van der Waals surface area contributed by atoms with Gasteiger partial charge in [-0.15, -0.1) is 0 Å². The predicted octanol–water partition coefficient (Wildman–Crippen LogP) is 3.72. The van der Waals surface area contributed by atoms with Crippen LogP contribution in [0.3, 0.4) is 0 Å². The van der Waals surface area contributed by atoms with Gasteiger partial charge in [-0.1, -0.05) is 11.3 Å². The van der Waals surface area contributed by atoms with Crippen molar-refractivity contribution in [3.63, 3.8) is 0 Å². The number of sulfone groups is 1. The highest BCUT2D eigenvalue weighted by molar-refractivity contribution is 7.92. The number of nitrogens with zero attached hydrogens (tertiary/aromatic N) is 3. The smallest absolute Gasteiger partial charge is 0.244 e. The summed E-state index contributed by atoms with van der Waals surface area (Å²) < 4.78 is 37.1. The molecule has 0 aliphatic carbocycles. The second-order valence-electron chi connectivity index (χ2n) is 7.10. The third kappa shape index (κ3) is 5.12. The van der Waals surface area contributed by atoms with Crippen LogP contribution in [0.1, 0.15) is 5.56 Å². The molecule has 4 aromatic rings. The van der Waals surface area contributed by atoms with Crippen molar-refractivity contribution in [1.82, 2.24) is 9.97 Å². The number of amides is 1. The maximum atomic E-state index is 13.3. The summed E-state index contributed by atoms with van der Waals surface area (Å²) >= 11 is 1.30. The molecule has 0 aliphatic rings. The fourth-order valence-electron chi connectivity index (χ4n) is 3.18. The number of ether oxygens (including phenoxy) is 2. The summed E-state index contributed by atoms with van der Waals surface area (Å²) in [7, 11) is -0.799. The Kier molecular flexibility index (Phi) is 6.57. The summed E-state index contributed by atoms with van der Waals surface area (Å²) in [5.74, 6) is -0.0612. The van der Waals surface area contributed by atoms with Crippen LogP contribution in [0.4, 0.5) is 5.13 Å². The molecule has 0 unspecified atom stereocenters. The van der Waals surface area contributed by atoms with Gasteiger partial charge < -0.3 is 9.47 Å². The number of benzene rings is 2. The van der Waals surface area contributed by atoms with E-state index in [1.54, 1.807) is 55.9 Å². The summed E-state index contributed by atoms with van der Waals surface area (Å²) in [6.07, 6.45) is 3.24. The lowest BCUT2D eigenvalue weighted by Crippen LogP contribution is -2.35. The molecule has 8 nitrogen and oxygen atoms in total. The zero-order valence-electron chi connectivity index (χ0n) is 18.0. The molecule has 0 spiro atoms. The van der Waals surface area contributed by atoms with Gasteiger partial charge >= 0.3 is 0 Å². The third-order valence-electron chi connectivity index (χ3n) is 4.94. The van der Waals surface area contributed by atoms with Crippen molar-refractivity contribution in [2.75, 3.05) is 24.9 Å². The number of rotatable bonds is 8. The molecule has 0 N–H and O–H groups in total. The number of methoxy groups -OCH3 is 2. The fraction of sp³-hybridized carbons (Fsp3) is 0.174. The van der Waals surface area contributed by atoms with E-state index in [2.05, 4.69) is 9.97 Å². The minimum Gasteiger partial charge on any atom is -0.497 e. The minimum absolute atomic E-state index is 0.0505.